The summed E-state index contributed by atoms with van der Waals surface area (Å²) in [7, 11) is 0. The molecule has 0 aliphatic carbocycles. The van der Waals surface area contributed by atoms with Crippen LogP contribution in [0.5, 0.6) is 5.88 Å². The van der Waals surface area contributed by atoms with Crippen molar-refractivity contribution in [1.82, 2.24) is 4.98 Å². The van der Waals surface area contributed by atoms with Gasteiger partial charge in [0.1, 0.15) is 0 Å². The molecule has 0 aliphatic heterocycles. The number of nitrogens with zero attached hydrogens (tertiary/aromatic N) is 1. The molecule has 0 saturated carbocycles. The van der Waals surface area contributed by atoms with Crippen molar-refractivity contribution in [3.05, 3.63) is 34.8 Å². The Labute approximate surface area is 93.0 Å². The van der Waals surface area contributed by atoms with E-state index >= 15 is 0 Å². The van der Waals surface area contributed by atoms with Gasteiger partial charge < -0.3 is 4.74 Å². The van der Waals surface area contributed by atoms with Crippen LogP contribution in [0.15, 0.2) is 34.8 Å². The van der Waals surface area contributed by atoms with Crippen LogP contribution in [0.25, 0.3) is 10.9 Å². The van der Waals surface area contributed by atoms with Gasteiger partial charge in [-0.3, -0.25) is 0 Å². The average Bonchev–Trinajstić information content (AvgIpc) is 2.18. The first kappa shape index (κ1) is 10.3. The highest BCUT2D eigenvalue weighted by molar-refractivity contribution is 9.10. The maximum atomic E-state index is 12.0. The van der Waals surface area contributed by atoms with E-state index in [1.54, 1.807) is 18.2 Å². The number of para-hydroxylation sites is 1. The van der Waals surface area contributed by atoms with Crippen LogP contribution in [0.3, 0.4) is 0 Å². The van der Waals surface area contributed by atoms with Gasteiger partial charge in [0, 0.05) is 5.39 Å². The lowest BCUT2D eigenvalue weighted by molar-refractivity contribution is -0.0531. The third-order valence-corrected chi connectivity index (χ3v) is 2.41. The molecular weight excluding hydrogens is 268 g/mol. The zero-order valence-corrected chi connectivity index (χ0v) is 9.04. The van der Waals surface area contributed by atoms with E-state index in [1.807, 2.05) is 12.1 Å². The van der Waals surface area contributed by atoms with Crippen LogP contribution in [-0.4, -0.2) is 11.6 Å². The SMILES string of the molecule is FC(F)Oc1nc2ccccc2cc1Br. The lowest BCUT2D eigenvalue weighted by atomic mass is 10.2. The van der Waals surface area contributed by atoms with Gasteiger partial charge in [0.2, 0.25) is 5.88 Å². The quantitative estimate of drug-likeness (QED) is 0.834. The number of hydrogen-bond acceptors (Lipinski definition) is 2. The van der Waals surface area contributed by atoms with Gasteiger partial charge in [0.15, 0.2) is 0 Å². The van der Waals surface area contributed by atoms with Crippen molar-refractivity contribution < 1.29 is 13.5 Å². The van der Waals surface area contributed by atoms with Crippen LogP contribution in [0.2, 0.25) is 0 Å². The minimum Gasteiger partial charge on any atom is -0.416 e. The molecule has 2 nitrogen and oxygen atoms in total. The Morgan fingerprint density at radius 2 is 2.00 bits per heavy atom. The second-order valence-electron chi connectivity index (χ2n) is 2.85. The molecule has 0 aliphatic rings. The first-order valence-electron chi connectivity index (χ1n) is 4.17. The minimum absolute atomic E-state index is 0.0938. The zero-order valence-electron chi connectivity index (χ0n) is 7.45. The minimum atomic E-state index is -2.87. The van der Waals surface area contributed by atoms with Gasteiger partial charge in [0.25, 0.3) is 0 Å². The molecule has 0 fully saturated rings. The van der Waals surface area contributed by atoms with Gasteiger partial charge in [-0.2, -0.15) is 8.78 Å². The lowest BCUT2D eigenvalue weighted by Crippen LogP contribution is -2.04. The fourth-order valence-electron chi connectivity index (χ4n) is 1.24. The van der Waals surface area contributed by atoms with Crippen LogP contribution >= 0.6 is 15.9 Å². The summed E-state index contributed by atoms with van der Waals surface area (Å²) in [6.07, 6.45) is 0. The van der Waals surface area contributed by atoms with Crippen molar-refractivity contribution in [1.29, 1.82) is 0 Å². The van der Waals surface area contributed by atoms with E-state index in [2.05, 4.69) is 25.7 Å². The third-order valence-electron chi connectivity index (χ3n) is 1.85. The fourth-order valence-corrected chi connectivity index (χ4v) is 1.67. The average molecular weight is 274 g/mol. The number of hydrogen-bond donors (Lipinski definition) is 0. The van der Waals surface area contributed by atoms with Crippen LogP contribution in [-0.2, 0) is 0 Å². The lowest BCUT2D eigenvalue weighted by Gasteiger charge is -2.06. The summed E-state index contributed by atoms with van der Waals surface area (Å²) in [5, 5.41) is 0.867. The van der Waals surface area contributed by atoms with Gasteiger partial charge in [-0.15, -0.1) is 0 Å². The maximum absolute atomic E-state index is 12.0. The molecule has 1 aromatic heterocycles. The van der Waals surface area contributed by atoms with Crippen LogP contribution in [0.1, 0.15) is 0 Å². The predicted octanol–water partition coefficient (Wildman–Crippen LogP) is 3.60. The number of ether oxygens (including phenoxy) is 1. The predicted molar refractivity (Wildman–Crippen MR) is 56.1 cm³/mol. The number of aromatic nitrogens is 1. The molecule has 1 aromatic carbocycles. The summed E-state index contributed by atoms with van der Waals surface area (Å²) in [6, 6.07) is 8.92. The monoisotopic (exact) mass is 273 g/mol. The molecule has 0 radical (unpaired) electrons. The van der Waals surface area contributed by atoms with Crippen molar-refractivity contribution in [3.63, 3.8) is 0 Å². The van der Waals surface area contributed by atoms with E-state index in [4.69, 9.17) is 0 Å². The van der Waals surface area contributed by atoms with E-state index in [-0.39, 0.29) is 5.88 Å². The Hall–Kier alpha value is -1.23. The molecular formula is C10H6BrF2NO. The summed E-state index contributed by atoms with van der Waals surface area (Å²) in [5.74, 6) is -0.0938. The second-order valence-corrected chi connectivity index (χ2v) is 3.70. The second kappa shape index (κ2) is 4.10. The first-order chi connectivity index (χ1) is 7.16. The molecule has 1 heterocycles. The van der Waals surface area contributed by atoms with Crippen molar-refractivity contribution in [2.24, 2.45) is 0 Å². The van der Waals surface area contributed by atoms with Crippen molar-refractivity contribution >= 4 is 26.8 Å². The topological polar surface area (TPSA) is 22.1 Å². The number of halogens is 3. The molecule has 0 amide bonds. The Bertz CT molecular complexity index is 490. The standard InChI is InChI=1S/C10H6BrF2NO/c11-7-5-6-3-1-2-4-8(6)14-9(7)15-10(12)13/h1-5,10H. The molecule has 0 bridgehead atoms. The van der Waals surface area contributed by atoms with E-state index in [9.17, 15) is 8.78 Å². The van der Waals surface area contributed by atoms with Crippen molar-refractivity contribution in [2.75, 3.05) is 0 Å². The van der Waals surface area contributed by atoms with E-state index in [0.29, 0.717) is 9.99 Å². The number of alkyl halides is 2. The molecule has 2 rings (SSSR count). The summed E-state index contributed by atoms with van der Waals surface area (Å²) in [5.41, 5.74) is 0.622. The molecule has 0 atom stereocenters. The van der Waals surface area contributed by atoms with E-state index in [1.165, 1.54) is 0 Å². The van der Waals surface area contributed by atoms with Crippen molar-refractivity contribution in [3.8, 4) is 5.88 Å². The fraction of sp³-hybridized carbons (Fsp3) is 0.100. The largest absolute Gasteiger partial charge is 0.416 e. The van der Waals surface area contributed by atoms with Gasteiger partial charge in [-0.25, -0.2) is 4.98 Å². The highest BCUT2D eigenvalue weighted by Crippen LogP contribution is 2.27. The van der Waals surface area contributed by atoms with Crippen molar-refractivity contribution in [2.45, 2.75) is 6.61 Å². The number of rotatable bonds is 2. The maximum Gasteiger partial charge on any atom is 0.388 e. The molecule has 78 valence electrons. The summed E-state index contributed by atoms with van der Waals surface area (Å²) in [4.78, 5) is 3.97. The highest BCUT2D eigenvalue weighted by atomic mass is 79.9. The van der Waals surface area contributed by atoms with Crippen LogP contribution in [0.4, 0.5) is 8.78 Å². The molecule has 5 heteroatoms. The number of fused-ring (bicyclic) bond motifs is 1. The Morgan fingerprint density at radius 3 is 2.73 bits per heavy atom. The summed E-state index contributed by atoms with van der Waals surface area (Å²) < 4.78 is 28.7. The highest BCUT2D eigenvalue weighted by Gasteiger charge is 2.10. The molecule has 15 heavy (non-hydrogen) atoms. The van der Waals surface area contributed by atoms with Crippen LogP contribution in [0, 0.1) is 0 Å². The molecule has 0 spiro atoms. The Morgan fingerprint density at radius 1 is 1.27 bits per heavy atom. The number of benzene rings is 1. The van der Waals surface area contributed by atoms with Gasteiger partial charge in [0.05, 0.1) is 9.99 Å². The molecule has 0 saturated heterocycles. The summed E-state index contributed by atoms with van der Waals surface area (Å²) in [6.45, 7) is -2.87. The first-order valence-corrected chi connectivity index (χ1v) is 4.96. The van der Waals surface area contributed by atoms with Gasteiger partial charge >= 0.3 is 6.61 Å². The van der Waals surface area contributed by atoms with Crippen LogP contribution < -0.4 is 4.74 Å². The number of pyridine rings is 1. The van der Waals surface area contributed by atoms with Gasteiger partial charge in [-0.1, -0.05) is 18.2 Å². The third kappa shape index (κ3) is 2.23. The molecule has 0 unspecified atom stereocenters. The Kier molecular flexibility index (Phi) is 2.81. The normalized spacial score (nSPS) is 10.9. The Balaban J connectivity index is 2.52. The molecule has 2 aromatic rings. The van der Waals surface area contributed by atoms with Gasteiger partial charge in [-0.05, 0) is 28.1 Å². The summed E-state index contributed by atoms with van der Waals surface area (Å²) >= 11 is 3.13. The van der Waals surface area contributed by atoms with E-state index in [0.717, 1.165) is 5.39 Å². The smallest absolute Gasteiger partial charge is 0.388 e. The van der Waals surface area contributed by atoms with E-state index < -0.39 is 6.61 Å². The molecule has 0 N–H and O–H groups in total. The zero-order chi connectivity index (χ0) is 10.8.